The number of halogens is 2. The molecule has 0 spiro atoms. The number of nitrogens with zero attached hydrogens (tertiary/aromatic N) is 1. The molecule has 1 heterocycles. The molecule has 1 aliphatic heterocycles. The van der Waals surface area contributed by atoms with Crippen molar-refractivity contribution in [3.8, 4) is 0 Å². The molecule has 0 aromatic heterocycles. The number of benzene rings is 1. The van der Waals surface area contributed by atoms with Crippen molar-refractivity contribution < 1.29 is 13.3 Å². The molecule has 1 N–H and O–H groups in total. The fourth-order valence-electron chi connectivity index (χ4n) is 2.38. The lowest BCUT2D eigenvalue weighted by molar-refractivity contribution is -0.897. The zero-order chi connectivity index (χ0) is 16.3. The molecule has 0 atom stereocenters. The highest BCUT2D eigenvalue weighted by molar-refractivity contribution is 7.89. The summed E-state index contributed by atoms with van der Waals surface area (Å²) in [7, 11) is -3.49. The third-order valence-corrected chi connectivity index (χ3v) is 6.39. The van der Waals surface area contributed by atoms with Gasteiger partial charge in [0.25, 0.3) is 0 Å². The Morgan fingerprint density at radius 1 is 1.23 bits per heavy atom. The lowest BCUT2D eigenvalue weighted by Gasteiger charge is -2.31. The number of rotatable bonds is 4. The van der Waals surface area contributed by atoms with Crippen molar-refractivity contribution in [1.29, 1.82) is 0 Å². The van der Waals surface area contributed by atoms with E-state index in [2.05, 4.69) is 19.9 Å². The molecule has 0 unspecified atom stereocenters. The Kier molecular flexibility index (Phi) is 5.91. The van der Waals surface area contributed by atoms with Gasteiger partial charge in [0.15, 0.2) is 0 Å². The molecule has 1 saturated heterocycles. The van der Waals surface area contributed by atoms with Crippen LogP contribution in [0.1, 0.15) is 13.8 Å². The monoisotopic (exact) mass is 363 g/mol. The summed E-state index contributed by atoms with van der Waals surface area (Å²) in [6.45, 7) is 7.76. The molecule has 22 heavy (non-hydrogen) atoms. The lowest BCUT2D eigenvalue weighted by Crippen LogP contribution is -3.14. The van der Waals surface area contributed by atoms with Gasteiger partial charge in [0, 0.05) is 0 Å². The zero-order valence-corrected chi connectivity index (χ0v) is 15.1. The third kappa shape index (κ3) is 4.24. The first-order valence-corrected chi connectivity index (χ1v) is 9.42. The summed E-state index contributed by atoms with van der Waals surface area (Å²) in [4.78, 5) is 1.61. The van der Waals surface area contributed by atoms with Crippen molar-refractivity contribution in [3.05, 3.63) is 39.9 Å². The van der Waals surface area contributed by atoms with Gasteiger partial charge in [-0.1, -0.05) is 28.8 Å². The van der Waals surface area contributed by atoms with Gasteiger partial charge in [-0.3, -0.25) is 0 Å². The first-order chi connectivity index (χ1) is 10.3. The molecule has 1 aliphatic rings. The topological polar surface area (TPSA) is 41.8 Å². The fourth-order valence-corrected chi connectivity index (χ4v) is 4.21. The molecule has 122 valence electrons. The molecule has 1 aromatic rings. The van der Waals surface area contributed by atoms with Crippen LogP contribution in [0.2, 0.25) is 10.0 Å². The molecule has 1 aromatic carbocycles. The van der Waals surface area contributed by atoms with Crippen LogP contribution in [0.5, 0.6) is 0 Å². The fraction of sp³-hybridized carbons (Fsp3) is 0.467. The first-order valence-electron chi connectivity index (χ1n) is 7.23. The van der Waals surface area contributed by atoms with Crippen molar-refractivity contribution in [2.24, 2.45) is 0 Å². The standard InChI is InChI=1S/C15H20Cl2N2O2S/c1-12(2)5-6-18-7-9-19(10-8-18)22(20,21)13-3-4-14(16)15(17)11-13/h3-5,11H,6-10H2,1-2H3/p+1. The van der Waals surface area contributed by atoms with E-state index < -0.39 is 10.0 Å². The maximum Gasteiger partial charge on any atom is 0.243 e. The molecular weight excluding hydrogens is 343 g/mol. The van der Waals surface area contributed by atoms with Gasteiger partial charge in [-0.2, -0.15) is 4.31 Å². The van der Waals surface area contributed by atoms with Gasteiger partial charge in [-0.05, 0) is 38.1 Å². The quantitative estimate of drug-likeness (QED) is 0.829. The average Bonchev–Trinajstić information content (AvgIpc) is 2.48. The van der Waals surface area contributed by atoms with Crippen LogP contribution in [-0.2, 0) is 10.0 Å². The highest BCUT2D eigenvalue weighted by atomic mass is 35.5. The van der Waals surface area contributed by atoms with Crippen molar-refractivity contribution in [2.75, 3.05) is 32.7 Å². The normalized spacial score (nSPS) is 17.5. The molecule has 7 heteroatoms. The van der Waals surface area contributed by atoms with Crippen molar-refractivity contribution >= 4 is 33.2 Å². The summed E-state index contributed by atoms with van der Waals surface area (Å²) in [5.41, 5.74) is 1.29. The predicted octanol–water partition coefficient (Wildman–Crippen LogP) is 1.85. The molecule has 0 saturated carbocycles. The molecular formula is C15H21Cl2N2O2S+. The highest BCUT2D eigenvalue weighted by Crippen LogP contribution is 2.26. The van der Waals surface area contributed by atoms with Gasteiger partial charge in [0.1, 0.15) is 0 Å². The summed E-state index contributed by atoms with van der Waals surface area (Å²) in [6, 6.07) is 4.45. The summed E-state index contributed by atoms with van der Waals surface area (Å²) in [5, 5.41) is 0.618. The first kappa shape index (κ1) is 17.8. The number of hydrogen-bond acceptors (Lipinski definition) is 2. The predicted molar refractivity (Wildman–Crippen MR) is 90.2 cm³/mol. The molecule has 4 nitrogen and oxygen atoms in total. The van der Waals surface area contributed by atoms with E-state index >= 15 is 0 Å². The minimum absolute atomic E-state index is 0.203. The zero-order valence-electron chi connectivity index (χ0n) is 12.8. The van der Waals surface area contributed by atoms with E-state index in [0.717, 1.165) is 19.6 Å². The summed E-state index contributed by atoms with van der Waals surface area (Å²) >= 11 is 11.8. The van der Waals surface area contributed by atoms with E-state index in [4.69, 9.17) is 23.2 Å². The van der Waals surface area contributed by atoms with Gasteiger partial charge in [0.05, 0.1) is 47.7 Å². The van der Waals surface area contributed by atoms with Crippen LogP contribution in [-0.4, -0.2) is 45.4 Å². The second kappa shape index (κ2) is 7.32. The van der Waals surface area contributed by atoms with E-state index in [1.165, 1.54) is 33.0 Å². The minimum atomic E-state index is -3.49. The van der Waals surface area contributed by atoms with E-state index in [0.29, 0.717) is 18.1 Å². The van der Waals surface area contributed by atoms with E-state index in [-0.39, 0.29) is 9.92 Å². The summed E-state index contributed by atoms with van der Waals surface area (Å²) < 4.78 is 26.8. The van der Waals surface area contributed by atoms with E-state index in [9.17, 15) is 8.42 Å². The Hall–Kier alpha value is -0.590. The SMILES string of the molecule is CC(C)=CC[NH+]1CCN(S(=O)(=O)c2ccc(Cl)c(Cl)c2)CC1. The number of allylic oxidation sites excluding steroid dienone is 1. The van der Waals surface area contributed by atoms with Gasteiger partial charge in [-0.25, -0.2) is 8.42 Å². The number of nitrogens with one attached hydrogen (secondary N) is 1. The van der Waals surface area contributed by atoms with Gasteiger partial charge in [0.2, 0.25) is 10.0 Å². The summed E-state index contributed by atoms with van der Waals surface area (Å²) in [5.74, 6) is 0. The second-order valence-electron chi connectivity index (χ2n) is 5.72. The highest BCUT2D eigenvalue weighted by Gasteiger charge is 2.30. The van der Waals surface area contributed by atoms with Crippen molar-refractivity contribution in [1.82, 2.24) is 4.31 Å². The number of sulfonamides is 1. The van der Waals surface area contributed by atoms with Gasteiger partial charge >= 0.3 is 0 Å². The van der Waals surface area contributed by atoms with Crippen molar-refractivity contribution in [2.45, 2.75) is 18.7 Å². The van der Waals surface area contributed by atoms with Crippen LogP contribution >= 0.6 is 23.2 Å². The second-order valence-corrected chi connectivity index (χ2v) is 8.47. The summed E-state index contributed by atoms with van der Waals surface area (Å²) in [6.07, 6.45) is 2.19. The maximum absolute atomic E-state index is 12.6. The number of quaternary nitrogens is 1. The van der Waals surface area contributed by atoms with Crippen molar-refractivity contribution in [3.63, 3.8) is 0 Å². The smallest absolute Gasteiger partial charge is 0.243 e. The Morgan fingerprint density at radius 2 is 1.86 bits per heavy atom. The van der Waals surface area contributed by atoms with Crippen LogP contribution in [0.25, 0.3) is 0 Å². The third-order valence-electron chi connectivity index (χ3n) is 3.76. The maximum atomic E-state index is 12.6. The van der Waals surface area contributed by atoms with Gasteiger partial charge in [-0.15, -0.1) is 0 Å². The van der Waals surface area contributed by atoms with Crippen LogP contribution in [0.15, 0.2) is 34.7 Å². The Balaban J connectivity index is 2.06. The van der Waals surface area contributed by atoms with Gasteiger partial charge < -0.3 is 4.90 Å². The molecule has 0 radical (unpaired) electrons. The molecule has 0 amide bonds. The van der Waals surface area contributed by atoms with E-state index in [1.54, 1.807) is 0 Å². The number of hydrogen-bond donors (Lipinski definition) is 1. The Bertz CT molecular complexity index is 662. The van der Waals surface area contributed by atoms with E-state index in [1.807, 2.05) is 0 Å². The largest absolute Gasteiger partial charge is 0.329 e. The van der Waals surface area contributed by atoms with Crippen LogP contribution in [0.4, 0.5) is 0 Å². The molecule has 0 aliphatic carbocycles. The lowest BCUT2D eigenvalue weighted by atomic mass is 10.3. The minimum Gasteiger partial charge on any atom is -0.329 e. The van der Waals surface area contributed by atoms with Crippen LogP contribution in [0.3, 0.4) is 0 Å². The van der Waals surface area contributed by atoms with Crippen LogP contribution in [0, 0.1) is 0 Å². The Morgan fingerprint density at radius 3 is 2.41 bits per heavy atom. The molecule has 0 bridgehead atoms. The number of piperazine rings is 1. The van der Waals surface area contributed by atoms with Crippen LogP contribution < -0.4 is 4.90 Å². The Labute approximate surface area is 142 Å². The molecule has 2 rings (SSSR count). The molecule has 1 fully saturated rings. The average molecular weight is 364 g/mol.